The largest absolute Gasteiger partial charge is 0.493 e. The molecule has 0 aliphatic carbocycles. The molecule has 0 radical (unpaired) electrons. The molecule has 26 heavy (non-hydrogen) atoms. The third kappa shape index (κ3) is 4.28. The average molecular weight is 388 g/mol. The quantitative estimate of drug-likeness (QED) is 0.562. The van der Waals surface area contributed by atoms with Gasteiger partial charge >= 0.3 is 0 Å². The van der Waals surface area contributed by atoms with E-state index in [0.717, 1.165) is 38.0 Å². The first-order valence-electron chi connectivity index (χ1n) is 8.11. The van der Waals surface area contributed by atoms with Gasteiger partial charge in [-0.25, -0.2) is 0 Å². The Hall–Kier alpha value is -2.25. The van der Waals surface area contributed by atoms with Crippen molar-refractivity contribution in [3.05, 3.63) is 53.1 Å². The minimum absolute atomic E-state index is 0.743. The van der Waals surface area contributed by atoms with Crippen molar-refractivity contribution in [1.29, 1.82) is 0 Å². The van der Waals surface area contributed by atoms with E-state index in [1.54, 1.807) is 37.3 Å². The molecule has 0 saturated heterocycles. The fraction of sp³-hybridized carbons (Fsp3) is 0.263. The number of aromatic nitrogens is 2. The number of hydrogen-bond acceptors (Lipinski definition) is 7. The number of para-hydroxylation sites is 1. The van der Waals surface area contributed by atoms with Crippen LogP contribution in [0.1, 0.15) is 16.7 Å². The summed E-state index contributed by atoms with van der Waals surface area (Å²) < 4.78 is 11.7. The van der Waals surface area contributed by atoms with Gasteiger partial charge in [-0.15, -0.1) is 10.2 Å². The SMILES string of the molecule is COc1cc(C)c(CSc2nnc(Nc3ccccc3C)s2)cc1OC. The van der Waals surface area contributed by atoms with E-state index in [4.69, 9.17) is 9.47 Å². The number of methoxy groups -OCH3 is 2. The molecular weight excluding hydrogens is 366 g/mol. The average Bonchev–Trinajstić information content (AvgIpc) is 3.09. The molecule has 0 aliphatic heterocycles. The minimum Gasteiger partial charge on any atom is -0.493 e. The van der Waals surface area contributed by atoms with Crippen LogP contribution in [0.2, 0.25) is 0 Å². The topological polar surface area (TPSA) is 56.3 Å². The van der Waals surface area contributed by atoms with E-state index in [9.17, 15) is 0 Å². The van der Waals surface area contributed by atoms with E-state index in [1.807, 2.05) is 30.3 Å². The number of nitrogens with one attached hydrogen (secondary N) is 1. The molecule has 0 unspecified atom stereocenters. The Bertz CT molecular complexity index is 896. The van der Waals surface area contributed by atoms with Crippen molar-refractivity contribution < 1.29 is 9.47 Å². The van der Waals surface area contributed by atoms with Gasteiger partial charge in [-0.1, -0.05) is 41.3 Å². The number of rotatable bonds is 7. The van der Waals surface area contributed by atoms with Gasteiger partial charge in [0.2, 0.25) is 5.13 Å². The Morgan fingerprint density at radius 1 is 1.00 bits per heavy atom. The summed E-state index contributed by atoms with van der Waals surface area (Å²) in [4.78, 5) is 0. The second-order valence-electron chi connectivity index (χ2n) is 5.74. The van der Waals surface area contributed by atoms with Gasteiger partial charge in [0, 0.05) is 11.4 Å². The van der Waals surface area contributed by atoms with Gasteiger partial charge in [-0.05, 0) is 48.7 Å². The molecule has 0 fully saturated rings. The monoisotopic (exact) mass is 387 g/mol. The van der Waals surface area contributed by atoms with Crippen molar-refractivity contribution in [2.75, 3.05) is 19.5 Å². The van der Waals surface area contributed by atoms with Crippen molar-refractivity contribution in [1.82, 2.24) is 10.2 Å². The maximum absolute atomic E-state index is 5.40. The fourth-order valence-corrected chi connectivity index (χ4v) is 4.29. The molecule has 5 nitrogen and oxygen atoms in total. The van der Waals surface area contributed by atoms with Crippen LogP contribution in [0, 0.1) is 13.8 Å². The van der Waals surface area contributed by atoms with E-state index >= 15 is 0 Å². The highest BCUT2D eigenvalue weighted by Crippen LogP contribution is 2.35. The number of thioether (sulfide) groups is 1. The summed E-state index contributed by atoms with van der Waals surface area (Å²) in [5, 5.41) is 12.6. The van der Waals surface area contributed by atoms with Crippen LogP contribution in [0.25, 0.3) is 0 Å². The lowest BCUT2D eigenvalue weighted by molar-refractivity contribution is 0.354. The predicted molar refractivity (Wildman–Crippen MR) is 108 cm³/mol. The van der Waals surface area contributed by atoms with E-state index in [-0.39, 0.29) is 0 Å². The lowest BCUT2D eigenvalue weighted by Crippen LogP contribution is -1.95. The van der Waals surface area contributed by atoms with E-state index in [2.05, 4.69) is 35.4 Å². The van der Waals surface area contributed by atoms with Crippen molar-refractivity contribution >= 4 is 33.9 Å². The lowest BCUT2D eigenvalue weighted by Gasteiger charge is -2.12. The molecule has 0 aliphatic rings. The summed E-state index contributed by atoms with van der Waals surface area (Å²) in [5.41, 5.74) is 4.59. The van der Waals surface area contributed by atoms with Crippen LogP contribution >= 0.6 is 23.1 Å². The number of ether oxygens (including phenoxy) is 2. The molecule has 7 heteroatoms. The molecule has 1 aromatic heterocycles. The third-order valence-corrected chi connectivity index (χ3v) is 6.01. The van der Waals surface area contributed by atoms with E-state index in [0.29, 0.717) is 0 Å². The highest BCUT2D eigenvalue weighted by Gasteiger charge is 2.11. The third-order valence-electron chi connectivity index (χ3n) is 3.99. The Morgan fingerprint density at radius 2 is 1.73 bits per heavy atom. The molecule has 0 bridgehead atoms. The smallest absolute Gasteiger partial charge is 0.210 e. The summed E-state index contributed by atoms with van der Waals surface area (Å²) in [6.07, 6.45) is 0. The van der Waals surface area contributed by atoms with Gasteiger partial charge in [0.15, 0.2) is 15.8 Å². The molecule has 0 spiro atoms. The summed E-state index contributed by atoms with van der Waals surface area (Å²) in [6.45, 7) is 4.14. The Kier molecular flexibility index (Phi) is 6.00. The minimum atomic E-state index is 0.743. The van der Waals surface area contributed by atoms with Crippen molar-refractivity contribution in [3.63, 3.8) is 0 Å². The van der Waals surface area contributed by atoms with Crippen LogP contribution in [0.3, 0.4) is 0 Å². The normalized spacial score (nSPS) is 10.6. The van der Waals surface area contributed by atoms with E-state index < -0.39 is 0 Å². The molecule has 3 aromatic rings. The standard InChI is InChI=1S/C19H21N3O2S2/c1-12-7-5-6-8-15(12)20-18-21-22-19(26-18)25-11-14-10-17(24-4)16(23-3)9-13(14)2/h5-10H,11H2,1-4H3,(H,20,21). The predicted octanol–water partition coefficient (Wildman–Crippen LogP) is 5.21. The van der Waals surface area contributed by atoms with Crippen LogP contribution in [0.15, 0.2) is 40.7 Å². The van der Waals surface area contributed by atoms with Gasteiger partial charge in [-0.3, -0.25) is 0 Å². The number of hydrogen-bond donors (Lipinski definition) is 1. The Balaban J connectivity index is 1.68. The number of nitrogens with zero attached hydrogens (tertiary/aromatic N) is 2. The van der Waals surface area contributed by atoms with Gasteiger partial charge in [-0.2, -0.15) is 0 Å². The maximum atomic E-state index is 5.40. The Morgan fingerprint density at radius 3 is 2.46 bits per heavy atom. The molecule has 136 valence electrons. The van der Waals surface area contributed by atoms with Crippen LogP contribution in [0.4, 0.5) is 10.8 Å². The van der Waals surface area contributed by atoms with E-state index in [1.165, 1.54) is 11.1 Å². The highest BCUT2D eigenvalue weighted by atomic mass is 32.2. The molecule has 3 rings (SSSR count). The van der Waals surface area contributed by atoms with Gasteiger partial charge in [0.05, 0.1) is 14.2 Å². The Labute approximate surface area is 161 Å². The highest BCUT2D eigenvalue weighted by molar-refractivity contribution is 8.00. The summed E-state index contributed by atoms with van der Waals surface area (Å²) in [7, 11) is 3.30. The molecular formula is C19H21N3O2S2. The second kappa shape index (κ2) is 8.42. The summed E-state index contributed by atoms with van der Waals surface area (Å²) in [5.74, 6) is 2.29. The second-order valence-corrected chi connectivity index (χ2v) is 7.94. The molecule has 0 saturated carbocycles. The molecule has 1 N–H and O–H groups in total. The van der Waals surface area contributed by atoms with Gasteiger partial charge in [0.1, 0.15) is 0 Å². The lowest BCUT2D eigenvalue weighted by atomic mass is 10.1. The molecule has 1 heterocycles. The number of anilines is 2. The van der Waals surface area contributed by atoms with Crippen LogP contribution < -0.4 is 14.8 Å². The van der Waals surface area contributed by atoms with Crippen LogP contribution in [-0.4, -0.2) is 24.4 Å². The molecule has 2 aromatic carbocycles. The zero-order chi connectivity index (χ0) is 18.5. The fourth-order valence-electron chi connectivity index (χ4n) is 2.46. The first kappa shape index (κ1) is 18.5. The van der Waals surface area contributed by atoms with Crippen LogP contribution in [-0.2, 0) is 5.75 Å². The van der Waals surface area contributed by atoms with Crippen molar-refractivity contribution in [3.8, 4) is 11.5 Å². The number of benzene rings is 2. The van der Waals surface area contributed by atoms with Gasteiger partial charge in [0.25, 0.3) is 0 Å². The zero-order valence-corrected chi connectivity index (χ0v) is 16.8. The summed E-state index contributed by atoms with van der Waals surface area (Å²) in [6, 6.07) is 12.2. The van der Waals surface area contributed by atoms with Crippen molar-refractivity contribution in [2.24, 2.45) is 0 Å². The first-order chi connectivity index (χ1) is 12.6. The molecule has 0 atom stereocenters. The zero-order valence-electron chi connectivity index (χ0n) is 15.2. The summed E-state index contributed by atoms with van der Waals surface area (Å²) >= 11 is 3.22. The van der Waals surface area contributed by atoms with Crippen LogP contribution in [0.5, 0.6) is 11.5 Å². The first-order valence-corrected chi connectivity index (χ1v) is 9.91. The van der Waals surface area contributed by atoms with Crippen molar-refractivity contribution in [2.45, 2.75) is 23.9 Å². The molecule has 0 amide bonds. The number of aryl methyl sites for hydroxylation is 2. The van der Waals surface area contributed by atoms with Gasteiger partial charge < -0.3 is 14.8 Å². The maximum Gasteiger partial charge on any atom is 0.210 e.